The van der Waals surface area contributed by atoms with Gasteiger partial charge in [0.2, 0.25) is 20.0 Å². The van der Waals surface area contributed by atoms with Gasteiger partial charge < -0.3 is 15.0 Å². The van der Waals surface area contributed by atoms with Crippen LogP contribution in [0.15, 0.2) is 30.3 Å². The molecule has 1 aliphatic rings. The number of ketones is 1. The van der Waals surface area contributed by atoms with Crippen molar-refractivity contribution in [2.75, 3.05) is 36.4 Å². The molecule has 0 saturated carbocycles. The number of hydrogen-bond acceptors (Lipinski definition) is 8. The molecule has 1 heterocycles. The summed E-state index contributed by atoms with van der Waals surface area (Å²) < 4.78 is 55.6. The summed E-state index contributed by atoms with van der Waals surface area (Å²) >= 11 is 0. The zero-order valence-electron chi connectivity index (χ0n) is 23.1. The minimum Gasteiger partial charge on any atom is -0.493 e. The van der Waals surface area contributed by atoms with Gasteiger partial charge in [0.05, 0.1) is 36.9 Å². The summed E-state index contributed by atoms with van der Waals surface area (Å²) in [6, 6.07) is 7.56. The highest BCUT2D eigenvalue weighted by molar-refractivity contribution is 8.09. The fraction of sp³-hybridized carbons (Fsp3) is 0.423. The Kier molecular flexibility index (Phi) is 8.19. The van der Waals surface area contributed by atoms with Crippen LogP contribution >= 0.6 is 0 Å². The normalized spacial score (nSPS) is 13.7. The van der Waals surface area contributed by atoms with Crippen molar-refractivity contribution in [3.05, 3.63) is 58.1 Å². The molecule has 1 amide bonds. The molecule has 2 N–H and O–H groups in total. The molecule has 1 aliphatic heterocycles. The topological polar surface area (TPSA) is 154 Å². The van der Waals surface area contributed by atoms with Crippen LogP contribution in [0.1, 0.15) is 65.1 Å². The SMILES string of the molecule is CCOc1cc2c(cc1C(=O)NC)C(=N)N(CC(=O)c1cc(N(S(C)(=O)=O)S(C)(=O)=O)cc(C(C)(C)C)c1)C2. The Morgan fingerprint density at radius 1 is 1.05 bits per heavy atom. The number of anilines is 1. The molecule has 2 aromatic carbocycles. The van der Waals surface area contributed by atoms with E-state index in [1.165, 1.54) is 24.1 Å². The van der Waals surface area contributed by atoms with E-state index >= 15 is 0 Å². The standard InChI is InChI=1S/C26H34N4O7S2/c1-8-37-23-11-17-14-29(24(27)20(17)13-21(23)25(32)28-5)15-22(31)16-9-18(26(2,3)4)12-19(10-16)30(38(6,33)34)39(7,35)36/h9-13,27H,8,14-15H2,1-7H3,(H,28,32). The molecular weight excluding hydrogens is 544 g/mol. The van der Waals surface area contributed by atoms with E-state index in [1.807, 2.05) is 20.8 Å². The van der Waals surface area contributed by atoms with Gasteiger partial charge in [-0.15, -0.1) is 0 Å². The van der Waals surface area contributed by atoms with E-state index in [2.05, 4.69) is 5.32 Å². The summed E-state index contributed by atoms with van der Waals surface area (Å²) in [5.74, 6) is -0.372. The van der Waals surface area contributed by atoms with Gasteiger partial charge in [0.15, 0.2) is 5.78 Å². The van der Waals surface area contributed by atoms with Gasteiger partial charge in [-0.05, 0) is 53.8 Å². The van der Waals surface area contributed by atoms with Crippen molar-refractivity contribution in [1.82, 2.24) is 10.2 Å². The highest BCUT2D eigenvalue weighted by atomic mass is 32.3. The number of amidine groups is 1. The Morgan fingerprint density at radius 2 is 1.67 bits per heavy atom. The van der Waals surface area contributed by atoms with E-state index in [0.717, 1.165) is 12.5 Å². The Morgan fingerprint density at radius 3 is 2.18 bits per heavy atom. The Labute approximate surface area is 229 Å². The van der Waals surface area contributed by atoms with E-state index < -0.39 is 31.2 Å². The van der Waals surface area contributed by atoms with E-state index in [1.54, 1.807) is 25.1 Å². The lowest BCUT2D eigenvalue weighted by Gasteiger charge is -2.25. The van der Waals surface area contributed by atoms with Crippen molar-refractivity contribution in [3.8, 4) is 5.75 Å². The van der Waals surface area contributed by atoms with Gasteiger partial charge >= 0.3 is 0 Å². The summed E-state index contributed by atoms with van der Waals surface area (Å²) in [4.78, 5) is 27.4. The predicted molar refractivity (Wildman–Crippen MR) is 150 cm³/mol. The molecule has 0 atom stereocenters. The van der Waals surface area contributed by atoms with E-state index in [9.17, 15) is 26.4 Å². The number of hydrogen-bond donors (Lipinski definition) is 2. The van der Waals surface area contributed by atoms with Gasteiger partial charge in [-0.1, -0.05) is 20.8 Å². The van der Waals surface area contributed by atoms with Gasteiger partial charge in [0.25, 0.3) is 5.91 Å². The van der Waals surface area contributed by atoms with Crippen LogP contribution in [0.2, 0.25) is 0 Å². The summed E-state index contributed by atoms with van der Waals surface area (Å²) in [6.07, 6.45) is 1.57. The lowest BCUT2D eigenvalue weighted by Crippen LogP contribution is -2.36. The fourth-order valence-corrected chi connectivity index (χ4v) is 7.30. The average Bonchev–Trinajstić information content (AvgIpc) is 3.09. The van der Waals surface area contributed by atoms with Crippen molar-refractivity contribution in [2.24, 2.45) is 0 Å². The second kappa shape index (κ2) is 10.6. The zero-order valence-corrected chi connectivity index (χ0v) is 24.7. The largest absolute Gasteiger partial charge is 0.493 e. The fourth-order valence-electron chi connectivity index (χ4n) is 4.35. The third-order valence-corrected chi connectivity index (χ3v) is 9.41. The summed E-state index contributed by atoms with van der Waals surface area (Å²) in [5.41, 5.74) is 1.47. The maximum atomic E-state index is 13.5. The minimum atomic E-state index is -4.23. The van der Waals surface area contributed by atoms with Crippen molar-refractivity contribution in [1.29, 1.82) is 5.41 Å². The maximum Gasteiger partial charge on any atom is 0.254 e. The molecule has 0 unspecified atom stereocenters. The number of rotatable bonds is 9. The molecule has 2 aromatic rings. The highest BCUT2D eigenvalue weighted by Gasteiger charge is 2.32. The molecule has 0 spiro atoms. The van der Waals surface area contributed by atoms with Crippen LogP contribution in [0.4, 0.5) is 5.69 Å². The third-order valence-electron chi connectivity index (χ3n) is 6.16. The number of sulfonamides is 2. The second-order valence-electron chi connectivity index (χ2n) is 10.4. The summed E-state index contributed by atoms with van der Waals surface area (Å²) in [7, 11) is -6.95. The van der Waals surface area contributed by atoms with Crippen LogP contribution in [0, 0.1) is 5.41 Å². The van der Waals surface area contributed by atoms with Gasteiger partial charge in [0, 0.05) is 24.7 Å². The van der Waals surface area contributed by atoms with Gasteiger partial charge in [-0.2, -0.15) is 3.71 Å². The number of ether oxygens (including phenoxy) is 1. The van der Waals surface area contributed by atoms with Crippen molar-refractivity contribution in [2.45, 2.75) is 39.7 Å². The Hall–Kier alpha value is -3.45. The number of nitrogens with one attached hydrogen (secondary N) is 2. The first kappa shape index (κ1) is 30.1. The molecule has 0 bridgehead atoms. The van der Waals surface area contributed by atoms with E-state index in [4.69, 9.17) is 10.1 Å². The van der Waals surface area contributed by atoms with Crippen LogP contribution in [0.25, 0.3) is 0 Å². The number of nitrogens with zero attached hydrogens (tertiary/aromatic N) is 2. The lowest BCUT2D eigenvalue weighted by molar-refractivity contribution is 0.0953. The number of amides is 1. The monoisotopic (exact) mass is 578 g/mol. The van der Waals surface area contributed by atoms with Gasteiger partial charge in [0.1, 0.15) is 11.6 Å². The molecule has 39 heavy (non-hydrogen) atoms. The molecule has 3 rings (SSSR count). The van der Waals surface area contributed by atoms with Gasteiger partial charge in [-0.25, -0.2) is 16.8 Å². The van der Waals surface area contributed by atoms with Crippen LogP contribution in [0.5, 0.6) is 5.75 Å². The number of fused-ring (bicyclic) bond motifs is 1. The van der Waals surface area contributed by atoms with Crippen LogP contribution < -0.4 is 13.8 Å². The first-order valence-corrected chi connectivity index (χ1v) is 15.8. The van der Waals surface area contributed by atoms with Crippen LogP contribution in [0.3, 0.4) is 0 Å². The molecule has 0 radical (unpaired) electrons. The highest BCUT2D eigenvalue weighted by Crippen LogP contribution is 2.33. The maximum absolute atomic E-state index is 13.5. The molecular formula is C26H34N4O7S2. The Bertz CT molecular complexity index is 1530. The number of Topliss-reactive ketones (excluding diaryl/α,β-unsaturated/α-hetero) is 1. The van der Waals surface area contributed by atoms with Crippen LogP contribution in [-0.2, 0) is 32.0 Å². The molecule has 0 saturated heterocycles. The number of benzene rings is 2. The van der Waals surface area contributed by atoms with Crippen molar-refractivity contribution >= 4 is 43.3 Å². The first-order chi connectivity index (χ1) is 17.9. The number of carbonyl (C=O) groups excluding carboxylic acids is 2. The van der Waals surface area contributed by atoms with Crippen LogP contribution in [-0.4, -0.2) is 72.0 Å². The smallest absolute Gasteiger partial charge is 0.254 e. The molecule has 11 nitrogen and oxygen atoms in total. The lowest BCUT2D eigenvalue weighted by atomic mass is 9.85. The minimum absolute atomic E-state index is 0.0487. The zero-order chi connectivity index (χ0) is 29.5. The Balaban J connectivity index is 2.02. The second-order valence-corrected chi connectivity index (χ2v) is 14.3. The first-order valence-electron chi connectivity index (χ1n) is 12.1. The van der Waals surface area contributed by atoms with Crippen molar-refractivity contribution < 1.29 is 31.2 Å². The van der Waals surface area contributed by atoms with E-state index in [-0.39, 0.29) is 41.6 Å². The van der Waals surface area contributed by atoms with Gasteiger partial charge in [-0.3, -0.25) is 15.0 Å². The van der Waals surface area contributed by atoms with E-state index in [0.29, 0.717) is 32.8 Å². The quantitative estimate of drug-likeness (QED) is 0.430. The molecule has 0 aliphatic carbocycles. The summed E-state index contributed by atoms with van der Waals surface area (Å²) in [6.45, 7) is 7.71. The third kappa shape index (κ3) is 6.41. The molecule has 0 fully saturated rings. The molecule has 13 heteroatoms. The molecule has 0 aromatic heterocycles. The predicted octanol–water partition coefficient (Wildman–Crippen LogP) is 2.49. The van der Waals surface area contributed by atoms with Crippen molar-refractivity contribution in [3.63, 3.8) is 0 Å². The summed E-state index contributed by atoms with van der Waals surface area (Å²) in [5, 5.41) is 11.2. The number of carbonyl (C=O) groups is 2. The molecule has 212 valence electrons. The average molecular weight is 579 g/mol.